The lowest BCUT2D eigenvalue weighted by molar-refractivity contribution is -0.156. The SMILES string of the molecule is CCN1CCN(C(=O)[C@](C)(O)COC)CC1. The van der Waals surface area contributed by atoms with Crippen LogP contribution in [0.15, 0.2) is 0 Å². The second-order valence-corrected chi connectivity index (χ2v) is 4.43. The predicted octanol–water partition coefficient (Wildman–Crippen LogP) is -0.452. The van der Waals surface area contributed by atoms with Gasteiger partial charge in [0, 0.05) is 33.3 Å². The molecule has 0 bridgehead atoms. The Bertz CT molecular complexity index is 235. The molecule has 1 fully saturated rings. The largest absolute Gasteiger partial charge is 0.381 e. The number of nitrogens with zero attached hydrogens (tertiary/aromatic N) is 2. The molecule has 1 aliphatic rings. The third kappa shape index (κ3) is 3.17. The molecule has 1 rings (SSSR count). The van der Waals surface area contributed by atoms with Crippen molar-refractivity contribution in [3.8, 4) is 0 Å². The lowest BCUT2D eigenvalue weighted by Gasteiger charge is -2.37. The molecule has 1 aliphatic heterocycles. The molecule has 1 amide bonds. The molecule has 5 nitrogen and oxygen atoms in total. The summed E-state index contributed by atoms with van der Waals surface area (Å²) in [5, 5.41) is 9.93. The molecule has 0 aliphatic carbocycles. The van der Waals surface area contributed by atoms with E-state index in [0.29, 0.717) is 13.1 Å². The summed E-state index contributed by atoms with van der Waals surface area (Å²) in [6, 6.07) is 0. The molecule has 94 valence electrons. The molecular weight excluding hydrogens is 208 g/mol. The van der Waals surface area contributed by atoms with Crippen LogP contribution in [0, 0.1) is 0 Å². The minimum Gasteiger partial charge on any atom is -0.381 e. The molecule has 0 aromatic carbocycles. The Balaban J connectivity index is 2.50. The maximum Gasteiger partial charge on any atom is 0.256 e. The first kappa shape index (κ1) is 13.4. The molecule has 1 saturated heterocycles. The van der Waals surface area contributed by atoms with E-state index >= 15 is 0 Å². The van der Waals surface area contributed by atoms with Gasteiger partial charge in [-0.2, -0.15) is 0 Å². The number of carbonyl (C=O) groups is 1. The van der Waals surface area contributed by atoms with Gasteiger partial charge in [0.1, 0.15) is 0 Å². The van der Waals surface area contributed by atoms with E-state index in [1.54, 1.807) is 4.90 Å². The van der Waals surface area contributed by atoms with E-state index in [2.05, 4.69) is 11.8 Å². The molecule has 1 N–H and O–H groups in total. The highest BCUT2D eigenvalue weighted by molar-refractivity contribution is 5.84. The van der Waals surface area contributed by atoms with Crippen LogP contribution in [-0.2, 0) is 9.53 Å². The van der Waals surface area contributed by atoms with Crippen molar-refractivity contribution in [3.05, 3.63) is 0 Å². The Morgan fingerprint density at radius 2 is 1.94 bits per heavy atom. The Morgan fingerprint density at radius 3 is 2.38 bits per heavy atom. The Hall–Kier alpha value is -0.650. The van der Waals surface area contributed by atoms with E-state index in [1.165, 1.54) is 14.0 Å². The summed E-state index contributed by atoms with van der Waals surface area (Å²) in [7, 11) is 1.48. The number of aliphatic hydroxyl groups is 1. The molecule has 5 heteroatoms. The van der Waals surface area contributed by atoms with Gasteiger partial charge >= 0.3 is 0 Å². The van der Waals surface area contributed by atoms with E-state index in [4.69, 9.17) is 4.74 Å². The summed E-state index contributed by atoms with van der Waals surface area (Å²) >= 11 is 0. The minimum atomic E-state index is -1.40. The van der Waals surface area contributed by atoms with Crippen molar-refractivity contribution >= 4 is 5.91 Å². The highest BCUT2D eigenvalue weighted by Crippen LogP contribution is 2.11. The number of likely N-dealkylation sites (N-methyl/N-ethyl adjacent to an activating group) is 1. The summed E-state index contributed by atoms with van der Waals surface area (Å²) in [5.41, 5.74) is -1.40. The molecule has 0 aromatic rings. The fraction of sp³-hybridized carbons (Fsp3) is 0.909. The average molecular weight is 230 g/mol. The number of amides is 1. The number of hydrogen-bond donors (Lipinski definition) is 1. The van der Waals surface area contributed by atoms with Crippen molar-refractivity contribution < 1.29 is 14.6 Å². The van der Waals surface area contributed by atoms with Crippen molar-refractivity contribution in [2.45, 2.75) is 19.4 Å². The second kappa shape index (κ2) is 5.61. The van der Waals surface area contributed by atoms with Crippen molar-refractivity contribution in [1.29, 1.82) is 0 Å². The molecule has 0 spiro atoms. The van der Waals surface area contributed by atoms with Crippen molar-refractivity contribution in [3.63, 3.8) is 0 Å². The molecule has 1 atom stereocenters. The van der Waals surface area contributed by atoms with Crippen molar-refractivity contribution in [2.75, 3.05) is 46.4 Å². The zero-order chi connectivity index (χ0) is 12.2. The first-order valence-corrected chi connectivity index (χ1v) is 5.74. The quantitative estimate of drug-likeness (QED) is 0.710. The molecule has 0 aromatic heterocycles. The van der Waals surface area contributed by atoms with Crippen LogP contribution >= 0.6 is 0 Å². The molecular formula is C11H22N2O3. The van der Waals surface area contributed by atoms with Crippen LogP contribution in [0.2, 0.25) is 0 Å². The van der Waals surface area contributed by atoms with Crippen LogP contribution in [0.5, 0.6) is 0 Å². The van der Waals surface area contributed by atoms with E-state index < -0.39 is 5.60 Å². The van der Waals surface area contributed by atoms with Gasteiger partial charge in [-0.3, -0.25) is 4.79 Å². The van der Waals surface area contributed by atoms with Crippen molar-refractivity contribution in [2.24, 2.45) is 0 Å². The van der Waals surface area contributed by atoms with Crippen LogP contribution in [0.25, 0.3) is 0 Å². The number of carbonyl (C=O) groups excluding carboxylic acids is 1. The Morgan fingerprint density at radius 1 is 1.38 bits per heavy atom. The van der Waals surface area contributed by atoms with Gasteiger partial charge in [0.05, 0.1) is 6.61 Å². The fourth-order valence-electron chi connectivity index (χ4n) is 1.95. The van der Waals surface area contributed by atoms with E-state index in [-0.39, 0.29) is 12.5 Å². The maximum absolute atomic E-state index is 12.0. The van der Waals surface area contributed by atoms with Crippen LogP contribution in [0.1, 0.15) is 13.8 Å². The number of piperazine rings is 1. The third-order valence-electron chi connectivity index (χ3n) is 2.99. The van der Waals surface area contributed by atoms with E-state index in [9.17, 15) is 9.90 Å². The third-order valence-corrected chi connectivity index (χ3v) is 2.99. The van der Waals surface area contributed by atoms with Gasteiger partial charge < -0.3 is 19.6 Å². The van der Waals surface area contributed by atoms with E-state index in [1.807, 2.05) is 0 Å². The number of rotatable bonds is 4. The smallest absolute Gasteiger partial charge is 0.256 e. The number of methoxy groups -OCH3 is 1. The molecule has 0 unspecified atom stereocenters. The Kier molecular flexibility index (Phi) is 4.70. The highest BCUT2D eigenvalue weighted by atomic mass is 16.5. The topological polar surface area (TPSA) is 53.0 Å². The monoisotopic (exact) mass is 230 g/mol. The molecule has 0 saturated carbocycles. The number of ether oxygens (including phenoxy) is 1. The molecule has 16 heavy (non-hydrogen) atoms. The lowest BCUT2D eigenvalue weighted by atomic mass is 10.1. The summed E-state index contributed by atoms with van der Waals surface area (Å²) in [4.78, 5) is 16.0. The van der Waals surface area contributed by atoms with Gasteiger partial charge in [0.25, 0.3) is 5.91 Å². The van der Waals surface area contributed by atoms with Gasteiger partial charge in [0.15, 0.2) is 5.60 Å². The lowest BCUT2D eigenvalue weighted by Crippen LogP contribution is -2.56. The normalized spacial score (nSPS) is 21.9. The van der Waals surface area contributed by atoms with Gasteiger partial charge in [-0.15, -0.1) is 0 Å². The first-order chi connectivity index (χ1) is 7.51. The van der Waals surface area contributed by atoms with Crippen molar-refractivity contribution in [1.82, 2.24) is 9.80 Å². The van der Waals surface area contributed by atoms with Gasteiger partial charge in [-0.1, -0.05) is 6.92 Å². The minimum absolute atomic E-state index is 0.0415. The summed E-state index contributed by atoms with van der Waals surface area (Å²) in [5.74, 6) is -0.231. The van der Waals surface area contributed by atoms with Gasteiger partial charge in [-0.05, 0) is 13.5 Å². The summed E-state index contributed by atoms with van der Waals surface area (Å²) in [6.07, 6.45) is 0. The standard InChI is InChI=1S/C11H22N2O3/c1-4-12-5-7-13(8-6-12)10(14)11(2,15)9-16-3/h15H,4-9H2,1-3H3/t11-/m1/s1. The van der Waals surface area contributed by atoms with Gasteiger partial charge in [-0.25, -0.2) is 0 Å². The Labute approximate surface area is 97.0 Å². The number of hydrogen-bond acceptors (Lipinski definition) is 4. The zero-order valence-electron chi connectivity index (χ0n) is 10.4. The highest BCUT2D eigenvalue weighted by Gasteiger charge is 2.35. The van der Waals surface area contributed by atoms with Crippen LogP contribution in [0.3, 0.4) is 0 Å². The summed E-state index contributed by atoms with van der Waals surface area (Å²) in [6.45, 7) is 7.80. The second-order valence-electron chi connectivity index (χ2n) is 4.43. The average Bonchev–Trinajstić information content (AvgIpc) is 2.28. The molecule has 1 heterocycles. The van der Waals surface area contributed by atoms with Crippen LogP contribution in [0.4, 0.5) is 0 Å². The summed E-state index contributed by atoms with van der Waals surface area (Å²) < 4.78 is 4.85. The fourth-order valence-corrected chi connectivity index (χ4v) is 1.95. The van der Waals surface area contributed by atoms with E-state index in [0.717, 1.165) is 19.6 Å². The molecule has 0 radical (unpaired) electrons. The van der Waals surface area contributed by atoms with Crippen LogP contribution < -0.4 is 0 Å². The van der Waals surface area contributed by atoms with Crippen LogP contribution in [-0.4, -0.2) is 72.9 Å². The first-order valence-electron chi connectivity index (χ1n) is 5.74. The van der Waals surface area contributed by atoms with Gasteiger partial charge in [0.2, 0.25) is 0 Å². The predicted molar refractivity (Wildman–Crippen MR) is 61.2 cm³/mol. The zero-order valence-corrected chi connectivity index (χ0v) is 10.4. The maximum atomic E-state index is 12.0.